The van der Waals surface area contributed by atoms with Crippen LogP contribution in [0.25, 0.3) is 0 Å². The Kier molecular flexibility index (Phi) is 2.85. The Bertz CT molecular complexity index is 306. The number of pyridine rings is 1. The van der Waals surface area contributed by atoms with E-state index in [0.717, 1.165) is 23.1 Å². The fourth-order valence-electron chi connectivity index (χ4n) is 1.77. The highest BCUT2D eigenvalue weighted by atomic mass is 79.9. The van der Waals surface area contributed by atoms with Crippen molar-refractivity contribution in [2.75, 3.05) is 13.1 Å². The molecule has 0 aliphatic carbocycles. The van der Waals surface area contributed by atoms with Crippen molar-refractivity contribution in [1.29, 1.82) is 0 Å². The highest BCUT2D eigenvalue weighted by molar-refractivity contribution is 9.10. The average molecular weight is 257 g/mol. The van der Waals surface area contributed by atoms with Crippen molar-refractivity contribution in [3.8, 4) is 0 Å². The number of nitrogens with zero attached hydrogens (tertiary/aromatic N) is 1. The van der Waals surface area contributed by atoms with Gasteiger partial charge in [0.05, 0.1) is 5.60 Å². The summed E-state index contributed by atoms with van der Waals surface area (Å²) >= 11 is 3.29. The first-order valence-electron chi connectivity index (χ1n) is 4.72. The van der Waals surface area contributed by atoms with E-state index in [1.807, 2.05) is 12.1 Å². The van der Waals surface area contributed by atoms with Crippen LogP contribution >= 0.6 is 15.9 Å². The predicted octanol–water partition coefficient (Wildman–Crippen LogP) is 1.11. The molecule has 0 amide bonds. The number of rotatable bonds is 2. The van der Waals surface area contributed by atoms with Crippen molar-refractivity contribution >= 4 is 15.9 Å². The fraction of sp³-hybridized carbons (Fsp3) is 0.500. The maximum absolute atomic E-state index is 10.1. The molecule has 1 saturated heterocycles. The number of aromatic nitrogens is 1. The Morgan fingerprint density at radius 1 is 1.57 bits per heavy atom. The van der Waals surface area contributed by atoms with Gasteiger partial charge in [0.25, 0.3) is 0 Å². The van der Waals surface area contributed by atoms with Crippen molar-refractivity contribution in [2.45, 2.75) is 18.4 Å². The number of hydrogen-bond donors (Lipinski definition) is 2. The van der Waals surface area contributed by atoms with Crippen molar-refractivity contribution in [3.63, 3.8) is 0 Å². The van der Waals surface area contributed by atoms with Crippen LogP contribution in [0.3, 0.4) is 0 Å². The molecule has 2 rings (SSSR count). The third-order valence-corrected chi connectivity index (χ3v) is 3.01. The average Bonchev–Trinajstić information content (AvgIpc) is 2.57. The van der Waals surface area contributed by atoms with Gasteiger partial charge in [-0.15, -0.1) is 0 Å². The molecular weight excluding hydrogens is 244 g/mol. The van der Waals surface area contributed by atoms with Crippen LogP contribution < -0.4 is 5.32 Å². The molecule has 1 aliphatic rings. The molecule has 0 radical (unpaired) electrons. The van der Waals surface area contributed by atoms with Gasteiger partial charge in [0.1, 0.15) is 4.60 Å². The van der Waals surface area contributed by atoms with Gasteiger partial charge < -0.3 is 10.4 Å². The molecule has 0 aromatic carbocycles. The van der Waals surface area contributed by atoms with Crippen LogP contribution in [0.1, 0.15) is 12.0 Å². The predicted molar refractivity (Wildman–Crippen MR) is 58.1 cm³/mol. The van der Waals surface area contributed by atoms with Crippen LogP contribution in [-0.2, 0) is 6.42 Å². The fourth-order valence-corrected chi connectivity index (χ4v) is 2.01. The molecule has 0 spiro atoms. The van der Waals surface area contributed by atoms with Crippen LogP contribution in [0.4, 0.5) is 0 Å². The third-order valence-electron chi connectivity index (χ3n) is 2.54. The Balaban J connectivity index is 2.06. The van der Waals surface area contributed by atoms with Gasteiger partial charge >= 0.3 is 0 Å². The lowest BCUT2D eigenvalue weighted by atomic mass is 9.95. The first-order valence-corrected chi connectivity index (χ1v) is 5.51. The van der Waals surface area contributed by atoms with Gasteiger partial charge in [-0.05, 0) is 40.5 Å². The molecule has 1 aromatic rings. The summed E-state index contributed by atoms with van der Waals surface area (Å²) in [5.41, 5.74) is 0.509. The Hall–Kier alpha value is -0.450. The zero-order chi connectivity index (χ0) is 10.0. The standard InChI is InChI=1S/C10H13BrN2O/c11-9-2-1-8(6-13-9)5-10(14)3-4-12-7-10/h1-2,6,12,14H,3-5,7H2. The lowest BCUT2D eigenvalue weighted by Crippen LogP contribution is -2.33. The van der Waals surface area contributed by atoms with Gasteiger partial charge in [-0.3, -0.25) is 0 Å². The second-order valence-corrected chi connectivity index (χ2v) is 4.63. The first kappa shape index (κ1) is 10.1. The Morgan fingerprint density at radius 2 is 2.43 bits per heavy atom. The molecule has 0 bridgehead atoms. The minimum Gasteiger partial charge on any atom is -0.388 e. The number of β-amino-alcohol motifs (C(OH)–C–C–N with tert-alkyl or cyclic N) is 1. The Labute approximate surface area is 91.7 Å². The van der Waals surface area contributed by atoms with E-state index in [1.54, 1.807) is 6.20 Å². The molecule has 3 nitrogen and oxygen atoms in total. The summed E-state index contributed by atoms with van der Waals surface area (Å²) in [6, 6.07) is 3.90. The van der Waals surface area contributed by atoms with Crippen LogP contribution in [0.2, 0.25) is 0 Å². The van der Waals surface area contributed by atoms with Crippen LogP contribution in [0.15, 0.2) is 22.9 Å². The quantitative estimate of drug-likeness (QED) is 0.780. The van der Waals surface area contributed by atoms with Gasteiger partial charge in [0.15, 0.2) is 0 Å². The van der Waals surface area contributed by atoms with E-state index in [2.05, 4.69) is 26.2 Å². The highest BCUT2D eigenvalue weighted by Gasteiger charge is 2.30. The minimum absolute atomic E-state index is 0.574. The summed E-state index contributed by atoms with van der Waals surface area (Å²) in [5, 5.41) is 13.3. The monoisotopic (exact) mass is 256 g/mol. The van der Waals surface area contributed by atoms with Gasteiger partial charge in [-0.25, -0.2) is 4.98 Å². The molecule has 2 N–H and O–H groups in total. The van der Waals surface area contributed by atoms with E-state index >= 15 is 0 Å². The number of halogens is 1. The Morgan fingerprint density at radius 3 is 3.00 bits per heavy atom. The molecule has 0 saturated carbocycles. The van der Waals surface area contributed by atoms with Crippen molar-refractivity contribution < 1.29 is 5.11 Å². The van der Waals surface area contributed by atoms with E-state index in [0.29, 0.717) is 13.0 Å². The second kappa shape index (κ2) is 3.96. The summed E-state index contributed by atoms with van der Waals surface area (Å²) in [4.78, 5) is 4.14. The summed E-state index contributed by atoms with van der Waals surface area (Å²) in [6.07, 6.45) is 3.31. The maximum Gasteiger partial charge on any atom is 0.106 e. The maximum atomic E-state index is 10.1. The van der Waals surface area contributed by atoms with Crippen molar-refractivity contribution in [1.82, 2.24) is 10.3 Å². The van der Waals surface area contributed by atoms with E-state index in [9.17, 15) is 5.11 Å². The molecule has 1 aromatic heterocycles. The second-order valence-electron chi connectivity index (χ2n) is 3.82. The van der Waals surface area contributed by atoms with Gasteiger partial charge in [-0.1, -0.05) is 6.07 Å². The summed E-state index contributed by atoms with van der Waals surface area (Å²) < 4.78 is 0.831. The molecule has 1 atom stereocenters. The largest absolute Gasteiger partial charge is 0.388 e. The van der Waals surface area contributed by atoms with Crippen molar-refractivity contribution in [2.24, 2.45) is 0 Å². The molecule has 1 aliphatic heterocycles. The summed E-state index contributed by atoms with van der Waals surface area (Å²) in [6.45, 7) is 1.59. The summed E-state index contributed by atoms with van der Waals surface area (Å²) in [7, 11) is 0. The lowest BCUT2D eigenvalue weighted by Gasteiger charge is -2.20. The van der Waals surface area contributed by atoms with Crippen LogP contribution in [0, 0.1) is 0 Å². The zero-order valence-corrected chi connectivity index (χ0v) is 9.42. The smallest absolute Gasteiger partial charge is 0.106 e. The molecule has 76 valence electrons. The third kappa shape index (κ3) is 2.32. The normalized spacial score (nSPS) is 26.7. The molecule has 1 fully saturated rings. The first-order chi connectivity index (χ1) is 6.68. The minimum atomic E-state index is -0.574. The molecule has 1 unspecified atom stereocenters. The SMILES string of the molecule is OC1(Cc2ccc(Br)nc2)CCNC1. The number of hydrogen-bond acceptors (Lipinski definition) is 3. The van der Waals surface area contributed by atoms with Crippen molar-refractivity contribution in [3.05, 3.63) is 28.5 Å². The lowest BCUT2D eigenvalue weighted by molar-refractivity contribution is 0.0618. The topological polar surface area (TPSA) is 45.2 Å². The molecule has 2 heterocycles. The molecule has 4 heteroatoms. The number of aliphatic hydroxyl groups is 1. The molecule has 14 heavy (non-hydrogen) atoms. The number of nitrogens with one attached hydrogen (secondary N) is 1. The molecular formula is C10H13BrN2O. The van der Waals surface area contributed by atoms with Crippen LogP contribution in [0.5, 0.6) is 0 Å². The van der Waals surface area contributed by atoms with E-state index < -0.39 is 5.60 Å². The van der Waals surface area contributed by atoms with E-state index in [1.165, 1.54) is 0 Å². The van der Waals surface area contributed by atoms with E-state index in [4.69, 9.17) is 0 Å². The van der Waals surface area contributed by atoms with Gasteiger partial charge in [0.2, 0.25) is 0 Å². The zero-order valence-electron chi connectivity index (χ0n) is 7.83. The van der Waals surface area contributed by atoms with Gasteiger partial charge in [0, 0.05) is 19.2 Å². The van der Waals surface area contributed by atoms with E-state index in [-0.39, 0.29) is 0 Å². The van der Waals surface area contributed by atoms with Gasteiger partial charge in [-0.2, -0.15) is 0 Å². The highest BCUT2D eigenvalue weighted by Crippen LogP contribution is 2.20. The summed E-state index contributed by atoms with van der Waals surface area (Å²) in [5.74, 6) is 0. The van der Waals surface area contributed by atoms with Crippen LogP contribution in [-0.4, -0.2) is 28.8 Å².